The maximum atomic E-state index is 13.3. The van der Waals surface area contributed by atoms with E-state index in [2.05, 4.69) is 23.6 Å². The Morgan fingerprint density at radius 3 is 2.79 bits per heavy atom. The van der Waals surface area contributed by atoms with Crippen LogP contribution in [0.5, 0.6) is 0 Å². The van der Waals surface area contributed by atoms with Gasteiger partial charge in [-0.25, -0.2) is 0 Å². The predicted molar refractivity (Wildman–Crippen MR) is 107 cm³/mol. The Labute approximate surface area is 168 Å². The molecule has 144 valence electrons. The number of hydrogen-bond acceptors (Lipinski definition) is 4. The van der Waals surface area contributed by atoms with Crippen molar-refractivity contribution in [3.05, 3.63) is 70.4 Å². The van der Waals surface area contributed by atoms with Crippen LogP contribution in [-0.4, -0.2) is 29.8 Å². The number of esters is 1. The first kappa shape index (κ1) is 17.7. The number of carbonyl (C=O) groups is 1. The summed E-state index contributed by atoms with van der Waals surface area (Å²) in [6.45, 7) is 2.61. The molecule has 0 amide bonds. The van der Waals surface area contributed by atoms with E-state index in [0.29, 0.717) is 11.6 Å². The van der Waals surface area contributed by atoms with Crippen molar-refractivity contribution in [1.29, 1.82) is 0 Å². The van der Waals surface area contributed by atoms with Crippen molar-refractivity contribution in [2.45, 2.75) is 25.6 Å². The van der Waals surface area contributed by atoms with Crippen molar-refractivity contribution < 1.29 is 14.4 Å². The molecule has 5 nitrogen and oxygen atoms in total. The molecule has 0 unspecified atom stereocenters. The van der Waals surface area contributed by atoms with E-state index in [4.69, 9.17) is 21.2 Å². The molecule has 1 aromatic heterocycles. The molecule has 1 saturated heterocycles. The van der Waals surface area contributed by atoms with Gasteiger partial charge in [-0.15, -0.1) is 0 Å². The molecule has 3 aromatic rings. The number of carbonyl (C=O) groups excluding carboxylic acids is 1. The minimum Gasteiger partial charge on any atom is -0.468 e. The first-order valence-electron chi connectivity index (χ1n) is 9.30. The summed E-state index contributed by atoms with van der Waals surface area (Å²) in [4.78, 5) is 19.5. The molecule has 2 aliphatic heterocycles. The topological polar surface area (TPSA) is 43.7 Å². The van der Waals surface area contributed by atoms with Crippen LogP contribution in [0.3, 0.4) is 0 Å². The van der Waals surface area contributed by atoms with E-state index in [1.54, 1.807) is 0 Å². The molecule has 0 aliphatic carbocycles. The van der Waals surface area contributed by atoms with E-state index in [0.717, 1.165) is 16.8 Å². The van der Waals surface area contributed by atoms with E-state index >= 15 is 0 Å². The average Bonchev–Trinajstić information content (AvgIpc) is 3.29. The lowest BCUT2D eigenvalue weighted by atomic mass is 9.74. The summed E-state index contributed by atoms with van der Waals surface area (Å²) < 4.78 is 7.58. The van der Waals surface area contributed by atoms with Crippen LogP contribution in [0.1, 0.15) is 29.0 Å². The lowest BCUT2D eigenvalue weighted by Gasteiger charge is -2.30. The number of hydrogen-bond donors (Lipinski definition) is 0. The van der Waals surface area contributed by atoms with Gasteiger partial charge in [0.1, 0.15) is 11.5 Å². The van der Waals surface area contributed by atoms with Gasteiger partial charge in [0.05, 0.1) is 13.2 Å². The van der Waals surface area contributed by atoms with Gasteiger partial charge in [0, 0.05) is 35.2 Å². The molecule has 2 aromatic carbocycles. The summed E-state index contributed by atoms with van der Waals surface area (Å²) in [6, 6.07) is 15.6. The highest BCUT2D eigenvalue weighted by atomic mass is 35.5. The summed E-state index contributed by atoms with van der Waals surface area (Å²) >= 11 is 6.24. The third-order valence-electron chi connectivity index (χ3n) is 6.26. The molecule has 28 heavy (non-hydrogen) atoms. The lowest BCUT2D eigenvalue weighted by molar-refractivity contribution is -0.163. The molecule has 0 bridgehead atoms. The number of para-hydroxylation sites is 1. The summed E-state index contributed by atoms with van der Waals surface area (Å²) in [7, 11) is 3.33. The van der Waals surface area contributed by atoms with E-state index in [1.807, 2.05) is 48.5 Å². The van der Waals surface area contributed by atoms with Crippen LogP contribution < -0.4 is 0 Å². The highest BCUT2D eigenvalue weighted by molar-refractivity contribution is 6.30. The van der Waals surface area contributed by atoms with Gasteiger partial charge < -0.3 is 9.30 Å². The largest absolute Gasteiger partial charge is 0.468 e. The minimum absolute atomic E-state index is 0.240. The Bertz CT molecular complexity index is 1110. The van der Waals surface area contributed by atoms with E-state index in [-0.39, 0.29) is 12.0 Å². The number of hydroxylamine groups is 2. The summed E-state index contributed by atoms with van der Waals surface area (Å²) in [5, 5.41) is 3.63. The maximum Gasteiger partial charge on any atom is 0.318 e. The smallest absolute Gasteiger partial charge is 0.318 e. The van der Waals surface area contributed by atoms with Crippen LogP contribution in [-0.2, 0) is 20.9 Å². The van der Waals surface area contributed by atoms with Gasteiger partial charge in [-0.1, -0.05) is 41.9 Å². The molecule has 3 heterocycles. The van der Waals surface area contributed by atoms with Crippen LogP contribution in [0.25, 0.3) is 10.9 Å². The quantitative estimate of drug-likeness (QED) is 0.601. The van der Waals surface area contributed by atoms with Gasteiger partial charge in [-0.3, -0.25) is 9.63 Å². The fourth-order valence-corrected chi connectivity index (χ4v) is 5.36. The van der Waals surface area contributed by atoms with Crippen molar-refractivity contribution in [1.82, 2.24) is 9.63 Å². The van der Waals surface area contributed by atoms with Crippen molar-refractivity contribution in [2.24, 2.45) is 5.41 Å². The van der Waals surface area contributed by atoms with Gasteiger partial charge >= 0.3 is 5.97 Å². The van der Waals surface area contributed by atoms with Crippen molar-refractivity contribution in [3.63, 3.8) is 0 Å². The minimum atomic E-state index is -0.877. The molecule has 5 rings (SSSR count). The van der Waals surface area contributed by atoms with Crippen LogP contribution >= 0.6 is 11.6 Å². The Morgan fingerprint density at radius 1 is 1.25 bits per heavy atom. The number of fused-ring (bicyclic) bond motifs is 5. The van der Waals surface area contributed by atoms with Gasteiger partial charge in [-0.05, 0) is 36.2 Å². The molecule has 0 spiro atoms. The molecular weight excluding hydrogens is 376 g/mol. The average molecular weight is 397 g/mol. The van der Waals surface area contributed by atoms with Gasteiger partial charge in [0.25, 0.3) is 0 Å². The lowest BCUT2D eigenvalue weighted by Crippen LogP contribution is -2.40. The van der Waals surface area contributed by atoms with Gasteiger partial charge in [-0.2, -0.15) is 5.06 Å². The Balaban J connectivity index is 1.76. The SMILES string of the molecule is COC(=O)[C@@]12Cn3c(c(C)c4ccccc43)[C@@H]1N(C)O[C@@H]2c1cccc(Cl)c1. The second-order valence-corrected chi connectivity index (χ2v) is 8.07. The van der Waals surface area contributed by atoms with Crippen molar-refractivity contribution in [2.75, 3.05) is 14.2 Å². The fourth-order valence-electron chi connectivity index (χ4n) is 5.16. The molecule has 0 N–H and O–H groups in total. The first-order chi connectivity index (χ1) is 13.5. The second-order valence-electron chi connectivity index (χ2n) is 7.63. The zero-order valence-corrected chi connectivity index (χ0v) is 16.7. The molecule has 0 saturated carbocycles. The summed E-state index contributed by atoms with van der Waals surface area (Å²) in [6.07, 6.45) is -0.480. The van der Waals surface area contributed by atoms with E-state index in [9.17, 15) is 4.79 Å². The van der Waals surface area contributed by atoms with Gasteiger partial charge in [0.2, 0.25) is 0 Å². The maximum absolute atomic E-state index is 13.3. The highest BCUT2D eigenvalue weighted by Crippen LogP contribution is 2.62. The van der Waals surface area contributed by atoms with Crippen LogP contribution in [0.2, 0.25) is 5.02 Å². The number of aromatic nitrogens is 1. The van der Waals surface area contributed by atoms with E-state index < -0.39 is 11.5 Å². The van der Waals surface area contributed by atoms with Crippen LogP contribution in [0.15, 0.2) is 48.5 Å². The third kappa shape index (κ3) is 2.12. The first-order valence-corrected chi connectivity index (χ1v) is 9.68. The Kier molecular flexibility index (Phi) is 3.85. The summed E-state index contributed by atoms with van der Waals surface area (Å²) in [5.74, 6) is -0.265. The fraction of sp³-hybridized carbons (Fsp3) is 0.318. The highest BCUT2D eigenvalue weighted by Gasteiger charge is 2.66. The van der Waals surface area contributed by atoms with Gasteiger partial charge in [0.15, 0.2) is 0 Å². The molecule has 0 radical (unpaired) electrons. The van der Waals surface area contributed by atoms with Crippen molar-refractivity contribution in [3.8, 4) is 0 Å². The standard InChI is InChI=1S/C22H21ClN2O3/c1-13-16-9-4-5-10-17(16)25-12-22(21(26)27-3)19(18(13)25)24(2)28-20(22)14-7-6-8-15(23)11-14/h4-11,19-20H,12H2,1-3H3/t19-,20+,22-/m0/s1. The number of rotatable bonds is 2. The zero-order valence-electron chi connectivity index (χ0n) is 16.0. The molecule has 1 fully saturated rings. The predicted octanol–water partition coefficient (Wildman–Crippen LogP) is 4.44. The van der Waals surface area contributed by atoms with E-state index in [1.165, 1.54) is 18.1 Å². The summed E-state index contributed by atoms with van der Waals surface area (Å²) in [5.41, 5.74) is 3.41. The van der Waals surface area contributed by atoms with Crippen LogP contribution in [0, 0.1) is 12.3 Å². The number of nitrogens with zero attached hydrogens (tertiary/aromatic N) is 2. The molecule has 2 aliphatic rings. The number of aryl methyl sites for hydroxylation is 1. The van der Waals surface area contributed by atoms with Crippen molar-refractivity contribution >= 4 is 28.5 Å². The number of halogens is 1. The Hall–Kier alpha value is -2.34. The monoisotopic (exact) mass is 396 g/mol. The molecular formula is C22H21ClN2O3. The molecule has 6 heteroatoms. The zero-order chi connectivity index (χ0) is 19.6. The Morgan fingerprint density at radius 2 is 2.04 bits per heavy atom. The number of ether oxygens (including phenoxy) is 1. The van der Waals surface area contributed by atoms with Crippen LogP contribution in [0.4, 0.5) is 0 Å². The normalized spacial score (nSPS) is 26.4. The number of methoxy groups -OCH3 is 1. The second kappa shape index (κ2) is 6.08. The number of benzene rings is 2. The molecule has 3 atom stereocenters. The third-order valence-corrected chi connectivity index (χ3v) is 6.50.